The minimum Gasteiger partial charge on any atom is -0.507 e. The Morgan fingerprint density at radius 1 is 0.690 bits per heavy atom. The Labute approximate surface area is 325 Å². The number of carbonyl (C=O) groups is 2. The minimum absolute atomic E-state index is 0.0562. The molecule has 0 aliphatic carbocycles. The van der Waals surface area contributed by atoms with Gasteiger partial charge in [0.1, 0.15) is 59.0 Å². The summed E-state index contributed by atoms with van der Waals surface area (Å²) in [4.78, 5) is 37.5. The fourth-order valence-corrected chi connectivity index (χ4v) is 6.52. The van der Waals surface area contributed by atoms with E-state index in [1.165, 1.54) is 14.8 Å². The van der Waals surface area contributed by atoms with Crippen molar-refractivity contribution in [1.82, 2.24) is 24.8 Å². The number of phenols is 1. The lowest BCUT2D eigenvalue weighted by atomic mass is 10.1. The lowest BCUT2D eigenvalue weighted by molar-refractivity contribution is -0.139. The first-order valence-corrected chi connectivity index (χ1v) is 17.6. The van der Waals surface area contributed by atoms with Crippen molar-refractivity contribution in [3.8, 4) is 23.0 Å². The van der Waals surface area contributed by atoms with Crippen LogP contribution in [0.5, 0.6) is 23.0 Å². The molecule has 4 heterocycles. The van der Waals surface area contributed by atoms with E-state index < -0.39 is 87.9 Å². The van der Waals surface area contributed by atoms with Crippen LogP contribution < -0.4 is 42.2 Å². The molecular formula is C34H38F6N12O6. The summed E-state index contributed by atoms with van der Waals surface area (Å²) in [7, 11) is 0. The predicted octanol–water partition coefficient (Wildman–Crippen LogP) is 2.74. The number of nitrogens with two attached hydrogens (primary N) is 3. The summed E-state index contributed by atoms with van der Waals surface area (Å²) >= 11 is 0. The van der Waals surface area contributed by atoms with Gasteiger partial charge < -0.3 is 51.2 Å². The van der Waals surface area contributed by atoms with Gasteiger partial charge in [-0.3, -0.25) is 26.3 Å². The normalized spacial score (nSPS) is 19.9. The molecule has 11 N–H and O–H groups in total. The topological polar surface area (TPSA) is 267 Å². The standard InChI is InChI=1S/C34H38F6N12O6/c35-33(36,37)19-7-21(27(10-25(19)53)57-17-2-5-51(13-17)32(43)44)48-29(54)23-9-24(47-15-46-23)30(55)49-22-8-20(34(38,39)40)26(56-16-1-4-50(12-16)31(41)42)11-28(22)58-18-3-6-52(45)14-18/h7-11,15-18,53H,1-6,12-14,45H2,(H3,41,42)(H3,43,44)(H,48,54)(H,49,55)/t16?,17-,18?/m1/s1. The predicted molar refractivity (Wildman–Crippen MR) is 192 cm³/mol. The molecule has 312 valence electrons. The Morgan fingerprint density at radius 2 is 1.14 bits per heavy atom. The number of ether oxygens (including phenoxy) is 3. The molecule has 0 radical (unpaired) electrons. The van der Waals surface area contributed by atoms with Crippen molar-refractivity contribution in [2.75, 3.05) is 49.9 Å². The van der Waals surface area contributed by atoms with Crippen molar-refractivity contribution in [3.05, 3.63) is 59.2 Å². The monoisotopic (exact) mass is 824 g/mol. The first kappa shape index (κ1) is 41.3. The summed E-state index contributed by atoms with van der Waals surface area (Å²) in [6, 6.07) is 3.58. The lowest BCUT2D eigenvalue weighted by Gasteiger charge is -2.23. The van der Waals surface area contributed by atoms with Crippen LogP contribution in [0.1, 0.15) is 51.4 Å². The molecule has 2 unspecified atom stereocenters. The van der Waals surface area contributed by atoms with E-state index in [0.717, 1.165) is 18.5 Å². The Hall–Kier alpha value is -6.30. The number of anilines is 2. The molecule has 0 bridgehead atoms. The van der Waals surface area contributed by atoms with E-state index in [0.29, 0.717) is 44.1 Å². The number of nitrogens with one attached hydrogen (secondary N) is 4. The molecule has 3 fully saturated rings. The molecule has 18 nitrogen and oxygen atoms in total. The highest BCUT2D eigenvalue weighted by Gasteiger charge is 2.39. The zero-order chi connectivity index (χ0) is 42.1. The number of halogens is 6. The second-order valence-electron chi connectivity index (χ2n) is 13.6. The van der Waals surface area contributed by atoms with Crippen LogP contribution in [-0.4, -0.2) is 111 Å². The lowest BCUT2D eigenvalue weighted by Crippen LogP contribution is -2.35. The van der Waals surface area contributed by atoms with Gasteiger partial charge in [0.2, 0.25) is 0 Å². The van der Waals surface area contributed by atoms with Crippen molar-refractivity contribution in [1.29, 1.82) is 10.8 Å². The number of aromatic hydroxyl groups is 1. The quantitative estimate of drug-likeness (QED) is 0.0481. The second kappa shape index (κ2) is 16.3. The molecule has 1 aromatic heterocycles. The van der Waals surface area contributed by atoms with Crippen LogP contribution in [0, 0.1) is 10.8 Å². The van der Waals surface area contributed by atoms with Crippen molar-refractivity contribution >= 4 is 35.1 Å². The molecule has 3 aliphatic rings. The summed E-state index contributed by atoms with van der Waals surface area (Å²) in [6.45, 7) is 1.36. The van der Waals surface area contributed by atoms with Gasteiger partial charge in [0, 0.05) is 57.2 Å². The summed E-state index contributed by atoms with van der Waals surface area (Å²) in [6.07, 6.45) is -10.3. The molecule has 2 amide bonds. The maximum Gasteiger partial charge on any atom is 0.420 e. The van der Waals surface area contributed by atoms with Crippen molar-refractivity contribution in [3.63, 3.8) is 0 Å². The fourth-order valence-electron chi connectivity index (χ4n) is 6.52. The third-order valence-electron chi connectivity index (χ3n) is 9.45. The molecule has 24 heteroatoms. The number of amides is 2. The van der Waals surface area contributed by atoms with Gasteiger partial charge in [0.05, 0.1) is 35.6 Å². The van der Waals surface area contributed by atoms with Gasteiger partial charge in [-0.25, -0.2) is 15.0 Å². The van der Waals surface area contributed by atoms with Crippen LogP contribution in [0.4, 0.5) is 37.7 Å². The number of guanidine groups is 2. The summed E-state index contributed by atoms with van der Waals surface area (Å²) in [5.74, 6) is 0.718. The van der Waals surface area contributed by atoms with Gasteiger partial charge in [0.25, 0.3) is 11.8 Å². The molecule has 2 aromatic carbocycles. The maximum atomic E-state index is 14.5. The van der Waals surface area contributed by atoms with Crippen LogP contribution >= 0.6 is 0 Å². The van der Waals surface area contributed by atoms with E-state index in [1.807, 2.05) is 0 Å². The van der Waals surface area contributed by atoms with Crippen LogP contribution in [-0.2, 0) is 12.4 Å². The number of carbonyl (C=O) groups excluding carboxylic acids is 2. The van der Waals surface area contributed by atoms with Crippen LogP contribution in [0.25, 0.3) is 0 Å². The van der Waals surface area contributed by atoms with Crippen molar-refractivity contribution in [2.24, 2.45) is 17.3 Å². The number of phenolic OH excluding ortho intramolecular Hbond substituents is 1. The zero-order valence-electron chi connectivity index (χ0n) is 30.3. The third-order valence-corrected chi connectivity index (χ3v) is 9.45. The molecule has 3 aromatic rings. The van der Waals surface area contributed by atoms with Crippen LogP contribution in [0.15, 0.2) is 36.7 Å². The molecule has 0 spiro atoms. The van der Waals surface area contributed by atoms with Gasteiger partial charge in [-0.05, 0) is 18.6 Å². The van der Waals surface area contributed by atoms with Crippen molar-refractivity contribution < 1.29 is 55.2 Å². The molecule has 3 saturated heterocycles. The highest BCUT2D eigenvalue weighted by Crippen LogP contribution is 2.44. The minimum atomic E-state index is -5.05. The Kier molecular flexibility index (Phi) is 11.6. The Morgan fingerprint density at radius 3 is 1.59 bits per heavy atom. The maximum absolute atomic E-state index is 14.5. The average molecular weight is 825 g/mol. The van der Waals surface area contributed by atoms with Gasteiger partial charge in [0.15, 0.2) is 11.9 Å². The first-order valence-electron chi connectivity index (χ1n) is 17.6. The largest absolute Gasteiger partial charge is 0.507 e. The van der Waals surface area contributed by atoms with E-state index in [1.54, 1.807) is 0 Å². The summed E-state index contributed by atoms with van der Waals surface area (Å²) in [5.41, 5.74) is 6.24. The van der Waals surface area contributed by atoms with Gasteiger partial charge >= 0.3 is 12.4 Å². The summed E-state index contributed by atoms with van der Waals surface area (Å²) in [5, 5.41) is 31.4. The number of benzene rings is 2. The number of hydrogen-bond acceptors (Lipinski definition) is 12. The van der Waals surface area contributed by atoms with E-state index in [-0.39, 0.29) is 56.0 Å². The van der Waals surface area contributed by atoms with Crippen LogP contribution in [0.2, 0.25) is 0 Å². The van der Waals surface area contributed by atoms with Gasteiger partial charge in [-0.15, -0.1) is 0 Å². The highest BCUT2D eigenvalue weighted by molar-refractivity contribution is 6.07. The third kappa shape index (κ3) is 9.62. The molecule has 58 heavy (non-hydrogen) atoms. The fraction of sp³-hybridized carbons (Fsp3) is 0.412. The molecular weight excluding hydrogens is 786 g/mol. The smallest absolute Gasteiger partial charge is 0.420 e. The number of alkyl halides is 6. The number of likely N-dealkylation sites (tertiary alicyclic amines) is 2. The number of hydrogen-bond donors (Lipinski definition) is 8. The van der Waals surface area contributed by atoms with Gasteiger partial charge in [-0.1, -0.05) is 0 Å². The highest BCUT2D eigenvalue weighted by atomic mass is 19.4. The average Bonchev–Trinajstić information content (AvgIpc) is 3.91. The van der Waals surface area contributed by atoms with Crippen LogP contribution in [0.3, 0.4) is 0 Å². The molecule has 0 saturated carbocycles. The number of hydrazine groups is 1. The zero-order valence-corrected chi connectivity index (χ0v) is 30.3. The van der Waals surface area contributed by atoms with Crippen molar-refractivity contribution in [2.45, 2.75) is 49.9 Å². The van der Waals surface area contributed by atoms with E-state index >= 15 is 0 Å². The van der Waals surface area contributed by atoms with E-state index in [9.17, 15) is 41.0 Å². The van der Waals surface area contributed by atoms with E-state index in [2.05, 4.69) is 20.6 Å². The number of aromatic nitrogens is 2. The Bertz CT molecular complexity index is 2090. The number of nitrogens with zero attached hydrogens (tertiary/aromatic N) is 5. The molecule has 3 aliphatic heterocycles. The second-order valence-corrected chi connectivity index (χ2v) is 13.6. The number of rotatable bonds is 10. The SMILES string of the molecule is N=C(N)N1CCC(Oc2cc(OC3CCN(N)C3)c(NC(=O)c3cc(C(=O)Nc4cc(C(F)(F)F)c(O)cc4O[C@@H]4CCN(C(=N)N)C4)ncn3)cc2C(F)(F)F)C1. The first-order chi connectivity index (χ1) is 27.2. The van der Waals surface area contributed by atoms with E-state index in [4.69, 9.17) is 42.3 Å². The summed E-state index contributed by atoms with van der Waals surface area (Å²) < 4.78 is 102. The molecule has 6 rings (SSSR count). The molecule has 3 atom stereocenters. The Balaban J connectivity index is 1.27. The van der Waals surface area contributed by atoms with Gasteiger partial charge in [-0.2, -0.15) is 26.3 Å².